The molecule has 1 aromatic carbocycles. The molecule has 0 N–H and O–H groups in total. The Morgan fingerprint density at radius 3 is 3.05 bits per heavy atom. The van der Waals surface area contributed by atoms with E-state index in [0.29, 0.717) is 31.6 Å². The fourth-order valence-corrected chi connectivity index (χ4v) is 2.02. The Labute approximate surface area is 112 Å². The summed E-state index contributed by atoms with van der Waals surface area (Å²) in [4.78, 5) is 22.2. The third-order valence-corrected chi connectivity index (χ3v) is 2.94. The molecule has 1 heterocycles. The number of esters is 1. The fraction of sp³-hybridized carbons (Fsp3) is 0.333. The molecule has 2 rings (SSSR count). The van der Waals surface area contributed by atoms with E-state index in [4.69, 9.17) is 9.47 Å². The van der Waals surface area contributed by atoms with Crippen LogP contribution in [0.4, 0.5) is 0 Å². The van der Waals surface area contributed by atoms with Crippen molar-refractivity contribution in [1.29, 1.82) is 0 Å². The number of benzene rings is 1. The van der Waals surface area contributed by atoms with Gasteiger partial charge in [0.1, 0.15) is 18.6 Å². The minimum Gasteiger partial charge on any atom is -0.488 e. The summed E-state index contributed by atoms with van der Waals surface area (Å²) < 4.78 is 10.4. The van der Waals surface area contributed by atoms with Gasteiger partial charge in [0.2, 0.25) is 0 Å². The van der Waals surface area contributed by atoms with Crippen LogP contribution in [0.3, 0.4) is 0 Å². The van der Waals surface area contributed by atoms with Crippen LogP contribution in [0.2, 0.25) is 0 Å². The summed E-state index contributed by atoms with van der Waals surface area (Å²) in [7, 11) is 0. The van der Waals surface area contributed by atoms with Gasteiger partial charge >= 0.3 is 5.97 Å². The average molecular weight is 260 g/mol. The van der Waals surface area contributed by atoms with Crippen LogP contribution in [0.25, 0.3) is 6.08 Å². The van der Waals surface area contributed by atoms with Crippen LogP contribution in [0.15, 0.2) is 23.8 Å². The summed E-state index contributed by atoms with van der Waals surface area (Å²) >= 11 is 0. The van der Waals surface area contributed by atoms with Crippen LogP contribution in [-0.2, 0) is 20.7 Å². The van der Waals surface area contributed by atoms with Crippen LogP contribution in [0, 0.1) is 0 Å². The summed E-state index contributed by atoms with van der Waals surface area (Å²) in [6.07, 6.45) is 3.53. The number of hydrogen-bond acceptors (Lipinski definition) is 4. The quantitative estimate of drug-likeness (QED) is 0.601. The molecule has 4 heteroatoms. The van der Waals surface area contributed by atoms with Gasteiger partial charge in [0.05, 0.1) is 6.61 Å². The highest BCUT2D eigenvalue weighted by molar-refractivity contribution is 5.85. The molecule has 0 saturated carbocycles. The zero-order chi connectivity index (χ0) is 13.7. The molecule has 0 unspecified atom stereocenters. The molecule has 0 bridgehead atoms. The third kappa shape index (κ3) is 3.22. The van der Waals surface area contributed by atoms with Gasteiger partial charge in [-0.15, -0.1) is 0 Å². The third-order valence-electron chi connectivity index (χ3n) is 2.94. The highest BCUT2D eigenvalue weighted by atomic mass is 16.5. The maximum atomic E-state index is 11.4. The molecule has 0 saturated heterocycles. The number of carbonyl (C=O) groups is 2. The van der Waals surface area contributed by atoms with Gasteiger partial charge in [-0.05, 0) is 31.1 Å². The van der Waals surface area contributed by atoms with Crippen molar-refractivity contribution in [2.75, 3.05) is 13.2 Å². The van der Waals surface area contributed by atoms with Gasteiger partial charge in [-0.1, -0.05) is 12.1 Å². The Balaban J connectivity index is 2.17. The fourth-order valence-electron chi connectivity index (χ4n) is 2.02. The van der Waals surface area contributed by atoms with Crippen molar-refractivity contribution in [2.24, 2.45) is 0 Å². The van der Waals surface area contributed by atoms with Gasteiger partial charge in [0.25, 0.3) is 0 Å². The van der Waals surface area contributed by atoms with Gasteiger partial charge in [-0.2, -0.15) is 0 Å². The molecule has 1 aliphatic heterocycles. The Bertz CT molecular complexity index is 517. The van der Waals surface area contributed by atoms with Crippen LogP contribution in [0.1, 0.15) is 24.5 Å². The second-order valence-electron chi connectivity index (χ2n) is 4.26. The first kappa shape index (κ1) is 13.3. The Morgan fingerprint density at radius 2 is 2.32 bits per heavy atom. The normalized spacial score (nSPS) is 13.0. The molecule has 0 radical (unpaired) electrons. The van der Waals surface area contributed by atoms with Gasteiger partial charge < -0.3 is 9.47 Å². The molecule has 0 amide bonds. The number of carbonyl (C=O) groups excluding carboxylic acids is 2. The van der Waals surface area contributed by atoms with Crippen molar-refractivity contribution >= 4 is 18.3 Å². The number of hydrogen-bond donors (Lipinski definition) is 0. The van der Waals surface area contributed by atoms with Crippen molar-refractivity contribution in [3.8, 4) is 5.75 Å². The van der Waals surface area contributed by atoms with Crippen molar-refractivity contribution in [2.45, 2.75) is 19.8 Å². The molecule has 1 aliphatic rings. The van der Waals surface area contributed by atoms with E-state index in [1.807, 2.05) is 24.3 Å². The minimum absolute atomic E-state index is 0.212. The standard InChI is InChI=1S/C15H16O4/c1-2-18-15(17)7-6-12-4-3-5-14-13(12)8-11(9-16)10-19-14/h3-5,8-9H,2,6-7,10H2,1H3. The summed E-state index contributed by atoms with van der Waals surface area (Å²) in [6, 6.07) is 5.69. The van der Waals surface area contributed by atoms with Crippen molar-refractivity contribution < 1.29 is 19.1 Å². The van der Waals surface area contributed by atoms with Crippen molar-refractivity contribution in [3.05, 3.63) is 34.9 Å². The smallest absolute Gasteiger partial charge is 0.306 e. The van der Waals surface area contributed by atoms with Crippen molar-refractivity contribution in [1.82, 2.24) is 0 Å². The van der Waals surface area contributed by atoms with E-state index >= 15 is 0 Å². The first-order valence-electron chi connectivity index (χ1n) is 6.30. The Hall–Kier alpha value is -2.10. The van der Waals surface area contributed by atoms with E-state index in [9.17, 15) is 9.59 Å². The largest absolute Gasteiger partial charge is 0.488 e. The molecule has 19 heavy (non-hydrogen) atoms. The van der Waals surface area contributed by atoms with E-state index in [1.165, 1.54) is 0 Å². The lowest BCUT2D eigenvalue weighted by Gasteiger charge is -2.18. The van der Waals surface area contributed by atoms with Crippen LogP contribution < -0.4 is 4.74 Å². The summed E-state index contributed by atoms with van der Waals surface area (Å²) in [5.41, 5.74) is 2.49. The molecule has 4 nitrogen and oxygen atoms in total. The molecule has 1 aromatic rings. The number of rotatable bonds is 5. The van der Waals surface area contributed by atoms with Crippen LogP contribution in [0.5, 0.6) is 5.75 Å². The maximum Gasteiger partial charge on any atom is 0.306 e. The summed E-state index contributed by atoms with van der Waals surface area (Å²) in [6.45, 7) is 2.48. The maximum absolute atomic E-state index is 11.4. The molecule has 100 valence electrons. The highest BCUT2D eigenvalue weighted by Gasteiger charge is 2.15. The minimum atomic E-state index is -0.212. The lowest BCUT2D eigenvalue weighted by atomic mass is 9.98. The zero-order valence-corrected chi connectivity index (χ0v) is 10.8. The SMILES string of the molecule is CCOC(=O)CCc1cccc2c1C=C(C=O)CO2. The predicted octanol–water partition coefficient (Wildman–Crippen LogP) is 2.16. The number of aryl methyl sites for hydroxylation is 1. The number of fused-ring (bicyclic) bond motifs is 1. The van der Waals surface area contributed by atoms with E-state index in [0.717, 1.165) is 23.2 Å². The molecular weight excluding hydrogens is 244 g/mol. The van der Waals surface area contributed by atoms with Gasteiger partial charge in [0, 0.05) is 17.6 Å². The predicted molar refractivity (Wildman–Crippen MR) is 70.9 cm³/mol. The average Bonchev–Trinajstić information content (AvgIpc) is 2.44. The van der Waals surface area contributed by atoms with Gasteiger partial charge in [-0.3, -0.25) is 9.59 Å². The second kappa shape index (κ2) is 6.18. The number of aldehydes is 1. The van der Waals surface area contributed by atoms with Crippen molar-refractivity contribution in [3.63, 3.8) is 0 Å². The van der Waals surface area contributed by atoms with Crippen LogP contribution in [-0.4, -0.2) is 25.5 Å². The Kier molecular flexibility index (Phi) is 4.34. The second-order valence-corrected chi connectivity index (χ2v) is 4.26. The van der Waals surface area contributed by atoms with Crippen LogP contribution >= 0.6 is 0 Å². The molecule has 0 fully saturated rings. The monoisotopic (exact) mass is 260 g/mol. The lowest BCUT2D eigenvalue weighted by molar-refractivity contribution is -0.143. The first-order valence-corrected chi connectivity index (χ1v) is 6.30. The Morgan fingerprint density at radius 1 is 1.47 bits per heavy atom. The number of ether oxygens (including phenoxy) is 2. The van der Waals surface area contributed by atoms with E-state index in [2.05, 4.69) is 0 Å². The van der Waals surface area contributed by atoms with Gasteiger partial charge in [0.15, 0.2) is 0 Å². The van der Waals surface area contributed by atoms with E-state index < -0.39 is 0 Å². The first-order chi connectivity index (χ1) is 9.24. The molecule has 0 atom stereocenters. The lowest BCUT2D eigenvalue weighted by Crippen LogP contribution is -2.11. The summed E-state index contributed by atoms with van der Waals surface area (Å²) in [5, 5.41) is 0. The van der Waals surface area contributed by atoms with E-state index in [1.54, 1.807) is 6.92 Å². The molecule has 0 aromatic heterocycles. The summed E-state index contributed by atoms with van der Waals surface area (Å²) in [5.74, 6) is 0.545. The van der Waals surface area contributed by atoms with Gasteiger partial charge in [-0.25, -0.2) is 0 Å². The molecular formula is C15H16O4. The molecule has 0 aliphatic carbocycles. The highest BCUT2D eigenvalue weighted by Crippen LogP contribution is 2.29. The topological polar surface area (TPSA) is 52.6 Å². The van der Waals surface area contributed by atoms with E-state index in [-0.39, 0.29) is 5.97 Å². The molecule has 0 spiro atoms. The zero-order valence-electron chi connectivity index (χ0n) is 10.8.